The number of sulfone groups is 1. The number of sulfonamides is 1. The van der Waals surface area contributed by atoms with E-state index in [1.165, 1.54) is 23.3 Å². The Bertz CT molecular complexity index is 2870. The summed E-state index contributed by atoms with van der Waals surface area (Å²) in [5.74, 6) is -2.23. The third kappa shape index (κ3) is 10.4. The van der Waals surface area contributed by atoms with Crippen molar-refractivity contribution in [1.82, 2.24) is 29.3 Å². The zero-order valence-corrected chi connectivity index (χ0v) is 36.8. The van der Waals surface area contributed by atoms with Gasteiger partial charge in [-0.25, -0.2) is 31.5 Å². The van der Waals surface area contributed by atoms with Gasteiger partial charge in [-0.15, -0.1) is 23.1 Å². The summed E-state index contributed by atoms with van der Waals surface area (Å²) in [6.07, 6.45) is 4.08. The molecular weight excluding hydrogens is 902 g/mol. The minimum absolute atomic E-state index is 0.0473. The van der Waals surface area contributed by atoms with E-state index in [9.17, 15) is 44.4 Å². The molecule has 7 rings (SSSR count). The largest absolute Gasteiger partial charge is 0.501 e. The number of rotatable bonds is 15. The summed E-state index contributed by atoms with van der Waals surface area (Å²) in [6.45, 7) is 1.05. The van der Waals surface area contributed by atoms with Crippen LogP contribution in [0.4, 0.5) is 24.0 Å². The number of thioether (sulfide) groups is 1. The van der Waals surface area contributed by atoms with Gasteiger partial charge in [-0.2, -0.15) is 13.2 Å². The molecule has 3 aromatic heterocycles. The van der Waals surface area contributed by atoms with Crippen molar-refractivity contribution in [2.24, 2.45) is 0 Å². The number of nitrogens with one attached hydrogen (secondary N) is 3. The molecule has 3 amide bonds. The van der Waals surface area contributed by atoms with Gasteiger partial charge in [0, 0.05) is 53.1 Å². The number of pyridine rings is 1. The van der Waals surface area contributed by atoms with Crippen molar-refractivity contribution in [3.8, 4) is 0 Å². The summed E-state index contributed by atoms with van der Waals surface area (Å²) in [5, 5.41) is 6.88. The van der Waals surface area contributed by atoms with E-state index in [0.717, 1.165) is 33.9 Å². The number of amides is 3. The number of hydrogen-bond acceptors (Lipinski definition) is 14. The number of carbonyl (C=O) groups is 3. The van der Waals surface area contributed by atoms with Crippen LogP contribution in [0.2, 0.25) is 0 Å². The fraction of sp³-hybridized carbons (Fsp3) is 0.244. The molecule has 15 nitrogen and oxygen atoms in total. The number of fused-ring (bicyclic) bond motifs is 2. The highest BCUT2D eigenvalue weighted by Crippen LogP contribution is 2.37. The molecule has 6 aromatic rings. The minimum atomic E-state index is -6.10. The molecule has 3 aromatic carbocycles. The fourth-order valence-electron chi connectivity index (χ4n) is 6.66. The van der Waals surface area contributed by atoms with Crippen LogP contribution < -0.4 is 20.3 Å². The van der Waals surface area contributed by atoms with Gasteiger partial charge in [-0.1, -0.05) is 36.4 Å². The number of alkyl halides is 3. The average Bonchev–Trinajstić information content (AvgIpc) is 3.93. The minimum Gasteiger partial charge on any atom is -0.380 e. The van der Waals surface area contributed by atoms with Gasteiger partial charge in [0.25, 0.3) is 37.6 Å². The molecule has 0 fully saturated rings. The predicted octanol–water partition coefficient (Wildman–Crippen LogP) is 5.86. The molecule has 63 heavy (non-hydrogen) atoms. The topological polar surface area (TPSA) is 192 Å². The first kappa shape index (κ1) is 45.2. The molecule has 4 heterocycles. The number of anilines is 2. The van der Waals surface area contributed by atoms with E-state index in [2.05, 4.69) is 20.6 Å². The Balaban J connectivity index is 1.07. The average molecular weight is 941 g/mol. The Morgan fingerprint density at radius 2 is 1.67 bits per heavy atom. The third-order valence-corrected chi connectivity index (χ3v) is 14.8. The summed E-state index contributed by atoms with van der Waals surface area (Å²) < 4.78 is 98.6. The molecule has 1 aliphatic heterocycles. The van der Waals surface area contributed by atoms with Crippen LogP contribution in [-0.4, -0.2) is 98.3 Å². The van der Waals surface area contributed by atoms with Crippen molar-refractivity contribution in [1.29, 1.82) is 0 Å². The molecule has 0 bridgehead atoms. The Labute approximate surface area is 368 Å². The normalized spacial score (nSPS) is 13.7. The van der Waals surface area contributed by atoms with Crippen LogP contribution in [0.1, 0.15) is 48.9 Å². The SMILES string of the molecule is CN(C)CC[C@H](CSc1ccccc1)Nc1ccc(S(=O)(=O)NC(=O)c2csc(N3CCc4cccc(C(=O)NC(=O)c5cn6ccccc6n5)c4C3)n2)cc1S(=O)(=O)C(F)(F)F. The number of thiazole rings is 1. The monoisotopic (exact) mass is 940 g/mol. The van der Waals surface area contributed by atoms with Crippen LogP contribution in [0.3, 0.4) is 0 Å². The second kappa shape index (κ2) is 18.5. The van der Waals surface area contributed by atoms with Crippen LogP contribution in [0.25, 0.3) is 5.65 Å². The van der Waals surface area contributed by atoms with Crippen molar-refractivity contribution < 1.29 is 44.4 Å². The standard InChI is InChI=1S/C41H39F3N8O7S4/c1-50(2)19-17-27(24-60-28-10-4-3-5-11-28)45-32-15-14-29(21-35(32)62(56,57)41(42,43)44)63(58,59)49-39(55)34-25-61-40(47-34)52-20-16-26-9-8-12-30(31(26)22-52)37(53)48-38(54)33-23-51-18-7-6-13-36(51)46-33/h3-15,18,21,23,25,27,45H,16-17,19-20,22,24H2,1-2H3,(H,49,55)(H,48,53,54)/t27-/m1/s1. The summed E-state index contributed by atoms with van der Waals surface area (Å²) in [5.41, 5.74) is -4.31. The lowest BCUT2D eigenvalue weighted by atomic mass is 9.94. The van der Waals surface area contributed by atoms with Gasteiger partial charge in [-0.05, 0) is 93.1 Å². The van der Waals surface area contributed by atoms with E-state index in [4.69, 9.17) is 0 Å². The van der Waals surface area contributed by atoms with Crippen molar-refractivity contribution in [3.63, 3.8) is 0 Å². The molecule has 0 radical (unpaired) electrons. The molecule has 330 valence electrons. The number of benzene rings is 3. The zero-order valence-electron chi connectivity index (χ0n) is 33.5. The van der Waals surface area contributed by atoms with Gasteiger partial charge in [0.05, 0.1) is 10.6 Å². The van der Waals surface area contributed by atoms with Crippen LogP contribution in [0.5, 0.6) is 0 Å². The zero-order chi connectivity index (χ0) is 45.1. The maximum absolute atomic E-state index is 14.1. The number of nitrogens with zero attached hydrogens (tertiary/aromatic N) is 5. The quantitative estimate of drug-likeness (QED) is 0.0821. The van der Waals surface area contributed by atoms with E-state index >= 15 is 0 Å². The van der Waals surface area contributed by atoms with Crippen molar-refractivity contribution in [3.05, 3.63) is 131 Å². The van der Waals surface area contributed by atoms with Gasteiger partial charge in [0.1, 0.15) is 21.9 Å². The lowest BCUT2D eigenvalue weighted by molar-refractivity contribution is -0.0436. The predicted molar refractivity (Wildman–Crippen MR) is 232 cm³/mol. The van der Waals surface area contributed by atoms with E-state index in [0.29, 0.717) is 54.1 Å². The first-order chi connectivity index (χ1) is 29.9. The van der Waals surface area contributed by atoms with E-state index in [1.807, 2.05) is 55.4 Å². The molecule has 3 N–H and O–H groups in total. The van der Waals surface area contributed by atoms with Gasteiger partial charge in [0.15, 0.2) is 5.13 Å². The fourth-order valence-corrected chi connectivity index (χ4v) is 10.5. The maximum atomic E-state index is 14.1. The van der Waals surface area contributed by atoms with Crippen molar-refractivity contribution >= 4 is 77.1 Å². The molecular formula is C41H39F3N8O7S4. The van der Waals surface area contributed by atoms with E-state index in [-0.39, 0.29) is 23.5 Å². The Morgan fingerprint density at radius 1 is 0.905 bits per heavy atom. The van der Waals surface area contributed by atoms with Crippen molar-refractivity contribution in [2.45, 2.75) is 45.6 Å². The van der Waals surface area contributed by atoms with Gasteiger partial charge in [0.2, 0.25) is 0 Å². The Morgan fingerprint density at radius 3 is 2.40 bits per heavy atom. The number of imide groups is 1. The van der Waals surface area contributed by atoms with Crippen LogP contribution in [0, 0.1) is 0 Å². The highest BCUT2D eigenvalue weighted by Gasteiger charge is 2.48. The van der Waals surface area contributed by atoms with Gasteiger partial charge >= 0.3 is 5.51 Å². The summed E-state index contributed by atoms with van der Waals surface area (Å²) in [7, 11) is -7.43. The first-order valence-corrected chi connectivity index (χ1v) is 23.9. The van der Waals surface area contributed by atoms with Crippen molar-refractivity contribution in [2.75, 3.05) is 43.2 Å². The second-order valence-corrected chi connectivity index (χ2v) is 20.1. The lowest BCUT2D eigenvalue weighted by Gasteiger charge is -2.29. The maximum Gasteiger partial charge on any atom is 0.501 e. The second-order valence-electron chi connectivity index (χ2n) is 14.6. The molecule has 0 unspecified atom stereocenters. The molecule has 1 aliphatic rings. The van der Waals surface area contributed by atoms with Crippen LogP contribution >= 0.6 is 23.1 Å². The Hall–Kier alpha value is -5.81. The highest BCUT2D eigenvalue weighted by atomic mass is 32.2. The van der Waals surface area contributed by atoms with E-state index < -0.39 is 64.6 Å². The summed E-state index contributed by atoms with van der Waals surface area (Å²) in [4.78, 5) is 50.6. The molecule has 22 heteroatoms. The number of halogens is 3. The molecule has 0 saturated heterocycles. The number of hydrogen-bond donors (Lipinski definition) is 3. The highest BCUT2D eigenvalue weighted by molar-refractivity contribution is 7.99. The molecule has 0 spiro atoms. The van der Waals surface area contributed by atoms with Gasteiger partial charge < -0.3 is 19.5 Å². The number of imidazole rings is 1. The van der Waals surface area contributed by atoms with Crippen LogP contribution in [0.15, 0.2) is 117 Å². The number of carbonyl (C=O) groups excluding carboxylic acids is 3. The molecule has 0 saturated carbocycles. The lowest BCUT2D eigenvalue weighted by Crippen LogP contribution is -2.35. The van der Waals surface area contributed by atoms with Crippen LogP contribution in [-0.2, 0) is 32.8 Å². The first-order valence-electron chi connectivity index (χ1n) is 19.1. The van der Waals surface area contributed by atoms with Gasteiger partial charge in [-0.3, -0.25) is 19.7 Å². The molecule has 1 atom stereocenters. The summed E-state index contributed by atoms with van der Waals surface area (Å²) >= 11 is 2.41. The number of aromatic nitrogens is 3. The summed E-state index contributed by atoms with van der Waals surface area (Å²) in [6, 6.07) is 21.3. The molecule has 0 aliphatic carbocycles. The van der Waals surface area contributed by atoms with E-state index in [1.54, 1.807) is 50.6 Å². The third-order valence-electron chi connectivity index (χ3n) is 9.90. The smallest absolute Gasteiger partial charge is 0.380 e. The Kier molecular flexibility index (Phi) is 13.3.